The summed E-state index contributed by atoms with van der Waals surface area (Å²) in [5, 5.41) is 0. The molecule has 1 unspecified atom stereocenters. The van der Waals surface area contributed by atoms with E-state index in [4.69, 9.17) is 9.47 Å². The normalized spacial score (nSPS) is 13.6. The molecule has 0 heterocycles. The van der Waals surface area contributed by atoms with Crippen molar-refractivity contribution < 1.29 is 14.3 Å². The van der Waals surface area contributed by atoms with Gasteiger partial charge < -0.3 is 9.47 Å². The smallest absolute Gasteiger partial charge is 0.434 e. The molecule has 0 saturated heterocycles. The SMILES string of the molecule is CCCCC(OC(=O)OCC(C)(C)C)C(C)C. The number of unbranched alkanes of at least 4 members (excludes halogenated alkanes) is 1. The molecule has 0 fully saturated rings. The van der Waals surface area contributed by atoms with Gasteiger partial charge in [-0.15, -0.1) is 0 Å². The molecule has 0 aromatic carbocycles. The molecule has 0 radical (unpaired) electrons. The summed E-state index contributed by atoms with van der Waals surface area (Å²) in [6.07, 6.45) is 2.55. The Hall–Kier alpha value is -0.730. The molecule has 0 rings (SSSR count). The van der Waals surface area contributed by atoms with Crippen molar-refractivity contribution >= 4 is 6.16 Å². The van der Waals surface area contributed by atoms with E-state index in [0.717, 1.165) is 19.3 Å². The minimum atomic E-state index is -0.533. The lowest BCUT2D eigenvalue weighted by Gasteiger charge is -2.23. The first-order chi connectivity index (χ1) is 7.76. The fourth-order valence-corrected chi connectivity index (χ4v) is 1.37. The molecule has 0 N–H and O–H groups in total. The monoisotopic (exact) mass is 244 g/mol. The van der Waals surface area contributed by atoms with E-state index >= 15 is 0 Å². The fraction of sp³-hybridized carbons (Fsp3) is 0.929. The largest absolute Gasteiger partial charge is 0.508 e. The van der Waals surface area contributed by atoms with Crippen LogP contribution in [0.5, 0.6) is 0 Å². The highest BCUT2D eigenvalue weighted by Gasteiger charge is 2.20. The van der Waals surface area contributed by atoms with Gasteiger partial charge in [0.1, 0.15) is 6.10 Å². The summed E-state index contributed by atoms with van der Waals surface area (Å²) in [5.74, 6) is 0.337. The molecule has 0 aromatic heterocycles. The zero-order valence-corrected chi connectivity index (χ0v) is 12.2. The molecule has 1 atom stereocenters. The van der Waals surface area contributed by atoms with Crippen molar-refractivity contribution in [2.75, 3.05) is 6.61 Å². The molecular weight excluding hydrogens is 216 g/mol. The molecule has 3 nitrogen and oxygen atoms in total. The number of rotatable bonds is 6. The summed E-state index contributed by atoms with van der Waals surface area (Å²) >= 11 is 0. The van der Waals surface area contributed by atoms with Crippen molar-refractivity contribution in [1.29, 1.82) is 0 Å². The van der Waals surface area contributed by atoms with Crippen LogP contribution in [0.3, 0.4) is 0 Å². The number of hydrogen-bond donors (Lipinski definition) is 0. The highest BCUT2D eigenvalue weighted by molar-refractivity contribution is 5.60. The average molecular weight is 244 g/mol. The second-order valence-corrected chi connectivity index (χ2v) is 6.14. The van der Waals surface area contributed by atoms with Crippen LogP contribution in [0.2, 0.25) is 0 Å². The molecule has 0 aliphatic rings. The Labute approximate surface area is 106 Å². The Balaban J connectivity index is 4.04. The van der Waals surface area contributed by atoms with E-state index < -0.39 is 6.16 Å². The fourth-order valence-electron chi connectivity index (χ4n) is 1.37. The third-order valence-corrected chi connectivity index (χ3v) is 2.46. The summed E-state index contributed by atoms with van der Waals surface area (Å²) in [4.78, 5) is 11.5. The minimum absolute atomic E-state index is 0.0181. The van der Waals surface area contributed by atoms with Gasteiger partial charge >= 0.3 is 6.16 Å². The maximum Gasteiger partial charge on any atom is 0.508 e. The molecule has 0 aliphatic carbocycles. The highest BCUT2D eigenvalue weighted by Crippen LogP contribution is 2.17. The number of ether oxygens (including phenoxy) is 2. The Kier molecular flexibility index (Phi) is 7.24. The Morgan fingerprint density at radius 3 is 2.24 bits per heavy atom. The Morgan fingerprint density at radius 2 is 1.82 bits per heavy atom. The highest BCUT2D eigenvalue weighted by atomic mass is 16.7. The van der Waals surface area contributed by atoms with Crippen LogP contribution in [-0.4, -0.2) is 18.9 Å². The van der Waals surface area contributed by atoms with Crippen LogP contribution in [0.4, 0.5) is 4.79 Å². The first-order valence-corrected chi connectivity index (χ1v) is 6.59. The van der Waals surface area contributed by atoms with Gasteiger partial charge in [0.25, 0.3) is 0 Å². The third-order valence-electron chi connectivity index (χ3n) is 2.46. The summed E-state index contributed by atoms with van der Waals surface area (Å²) in [7, 11) is 0. The molecular formula is C14H28O3. The summed E-state index contributed by atoms with van der Waals surface area (Å²) in [6, 6.07) is 0. The first kappa shape index (κ1) is 16.3. The average Bonchev–Trinajstić information content (AvgIpc) is 2.19. The maximum absolute atomic E-state index is 11.5. The summed E-state index contributed by atoms with van der Waals surface area (Å²) in [6.45, 7) is 12.7. The van der Waals surface area contributed by atoms with Gasteiger partial charge in [-0.05, 0) is 17.8 Å². The lowest BCUT2D eigenvalue weighted by Crippen LogP contribution is -2.26. The summed E-state index contributed by atoms with van der Waals surface area (Å²) < 4.78 is 10.5. The van der Waals surface area contributed by atoms with Gasteiger partial charge in [0.05, 0.1) is 6.61 Å². The first-order valence-electron chi connectivity index (χ1n) is 6.59. The van der Waals surface area contributed by atoms with Gasteiger partial charge in [0, 0.05) is 0 Å². The van der Waals surface area contributed by atoms with E-state index in [1.807, 2.05) is 20.8 Å². The molecule has 3 heteroatoms. The maximum atomic E-state index is 11.5. The van der Waals surface area contributed by atoms with Crippen molar-refractivity contribution in [3.8, 4) is 0 Å². The van der Waals surface area contributed by atoms with Crippen molar-refractivity contribution in [2.24, 2.45) is 11.3 Å². The van der Waals surface area contributed by atoms with Crippen molar-refractivity contribution in [3.05, 3.63) is 0 Å². The van der Waals surface area contributed by atoms with E-state index in [9.17, 15) is 4.79 Å². The van der Waals surface area contributed by atoms with E-state index in [1.165, 1.54) is 0 Å². The van der Waals surface area contributed by atoms with Crippen LogP contribution < -0.4 is 0 Å². The topological polar surface area (TPSA) is 35.5 Å². The lowest BCUT2D eigenvalue weighted by atomic mass is 9.99. The molecule has 102 valence electrons. The standard InChI is InChI=1S/C14H28O3/c1-7-8-9-12(11(2)3)17-13(15)16-10-14(4,5)6/h11-12H,7-10H2,1-6H3. The molecule has 0 bridgehead atoms. The van der Waals surface area contributed by atoms with Crippen LogP contribution in [-0.2, 0) is 9.47 Å². The molecule has 0 saturated carbocycles. The number of carbonyl (C=O) groups excluding carboxylic acids is 1. The second-order valence-electron chi connectivity index (χ2n) is 6.14. The molecule has 0 aliphatic heterocycles. The van der Waals surface area contributed by atoms with E-state index in [0.29, 0.717) is 12.5 Å². The van der Waals surface area contributed by atoms with Crippen LogP contribution in [0.25, 0.3) is 0 Å². The van der Waals surface area contributed by atoms with Crippen LogP contribution in [0.15, 0.2) is 0 Å². The van der Waals surface area contributed by atoms with E-state index in [-0.39, 0.29) is 11.5 Å². The zero-order valence-electron chi connectivity index (χ0n) is 12.2. The molecule has 0 spiro atoms. The van der Waals surface area contributed by atoms with Crippen molar-refractivity contribution in [1.82, 2.24) is 0 Å². The minimum Gasteiger partial charge on any atom is -0.434 e. The third kappa shape index (κ3) is 9.02. The van der Waals surface area contributed by atoms with Gasteiger partial charge in [-0.1, -0.05) is 54.4 Å². The molecule has 0 amide bonds. The van der Waals surface area contributed by atoms with Crippen LogP contribution >= 0.6 is 0 Å². The predicted octanol–water partition coefficient (Wildman–Crippen LogP) is 4.40. The van der Waals surface area contributed by atoms with E-state index in [2.05, 4.69) is 20.8 Å². The Bertz CT molecular complexity index is 216. The number of carbonyl (C=O) groups is 1. The summed E-state index contributed by atoms with van der Waals surface area (Å²) in [5.41, 5.74) is -0.0181. The van der Waals surface area contributed by atoms with Gasteiger partial charge in [-0.25, -0.2) is 4.79 Å². The van der Waals surface area contributed by atoms with Crippen molar-refractivity contribution in [2.45, 2.75) is 66.9 Å². The predicted molar refractivity (Wildman–Crippen MR) is 70.0 cm³/mol. The lowest BCUT2D eigenvalue weighted by molar-refractivity contribution is -0.00916. The second kappa shape index (κ2) is 7.57. The number of hydrogen-bond acceptors (Lipinski definition) is 3. The Morgan fingerprint density at radius 1 is 1.24 bits per heavy atom. The molecule has 0 aromatic rings. The quantitative estimate of drug-likeness (QED) is 0.650. The van der Waals surface area contributed by atoms with Crippen molar-refractivity contribution in [3.63, 3.8) is 0 Å². The zero-order chi connectivity index (χ0) is 13.5. The van der Waals surface area contributed by atoms with E-state index in [1.54, 1.807) is 0 Å². The van der Waals surface area contributed by atoms with Gasteiger partial charge in [0.2, 0.25) is 0 Å². The van der Waals surface area contributed by atoms with Gasteiger partial charge in [-0.2, -0.15) is 0 Å². The molecule has 17 heavy (non-hydrogen) atoms. The van der Waals surface area contributed by atoms with Crippen LogP contribution in [0.1, 0.15) is 60.8 Å². The van der Waals surface area contributed by atoms with Gasteiger partial charge in [0.15, 0.2) is 0 Å². The van der Waals surface area contributed by atoms with Crippen LogP contribution in [0, 0.1) is 11.3 Å². The van der Waals surface area contributed by atoms with Gasteiger partial charge in [-0.3, -0.25) is 0 Å².